The van der Waals surface area contributed by atoms with E-state index in [0.29, 0.717) is 23.0 Å². The zero-order chi connectivity index (χ0) is 18.1. The lowest BCUT2D eigenvalue weighted by molar-refractivity contribution is 0.0698. The van der Waals surface area contributed by atoms with E-state index in [0.717, 1.165) is 42.9 Å². The Kier molecular flexibility index (Phi) is 4.46. The molecule has 132 valence electrons. The van der Waals surface area contributed by atoms with Crippen molar-refractivity contribution in [3.8, 4) is 17.3 Å². The Morgan fingerprint density at radius 3 is 2.62 bits per heavy atom. The minimum absolute atomic E-state index is 0.0509. The topological polar surface area (TPSA) is 57.0 Å². The molecule has 1 saturated carbocycles. The second kappa shape index (κ2) is 6.92. The van der Waals surface area contributed by atoms with Gasteiger partial charge in [-0.15, -0.1) is 0 Å². The van der Waals surface area contributed by atoms with E-state index in [1.165, 1.54) is 12.8 Å². The van der Waals surface area contributed by atoms with Gasteiger partial charge in [-0.1, -0.05) is 13.0 Å². The number of aromatic nitrogens is 1. The number of nitriles is 1. The third-order valence-corrected chi connectivity index (χ3v) is 5.49. The lowest BCUT2D eigenvalue weighted by atomic mass is 9.96. The summed E-state index contributed by atoms with van der Waals surface area (Å²) in [6.07, 6.45) is 4.47. The minimum atomic E-state index is 0.0509. The Morgan fingerprint density at radius 1 is 1.15 bits per heavy atom. The predicted octanol–water partition coefficient (Wildman–Crippen LogP) is 4.37. The number of pyridine rings is 1. The highest BCUT2D eigenvalue weighted by Crippen LogP contribution is 2.39. The van der Waals surface area contributed by atoms with E-state index in [1.807, 2.05) is 17.0 Å². The van der Waals surface area contributed by atoms with Gasteiger partial charge in [-0.2, -0.15) is 5.26 Å². The maximum Gasteiger partial charge on any atom is 0.254 e. The van der Waals surface area contributed by atoms with Crippen LogP contribution in [-0.2, 0) is 0 Å². The number of amides is 1. The number of likely N-dealkylation sites (tertiary alicyclic amines) is 1. The molecule has 2 fully saturated rings. The molecule has 4 nitrogen and oxygen atoms in total. The van der Waals surface area contributed by atoms with E-state index >= 15 is 0 Å². The summed E-state index contributed by atoms with van der Waals surface area (Å²) in [5, 5.41) is 9.30. The van der Waals surface area contributed by atoms with Crippen molar-refractivity contribution in [2.24, 2.45) is 5.92 Å². The zero-order valence-corrected chi connectivity index (χ0v) is 15.1. The van der Waals surface area contributed by atoms with Crippen molar-refractivity contribution in [2.75, 3.05) is 13.1 Å². The van der Waals surface area contributed by atoms with Crippen molar-refractivity contribution in [3.63, 3.8) is 0 Å². The molecule has 2 aromatic rings. The Labute approximate surface area is 154 Å². The highest BCUT2D eigenvalue weighted by molar-refractivity contribution is 6.00. The largest absolute Gasteiger partial charge is 0.339 e. The summed E-state index contributed by atoms with van der Waals surface area (Å²) in [5.41, 5.74) is 3.87. The van der Waals surface area contributed by atoms with Crippen molar-refractivity contribution in [1.29, 1.82) is 5.26 Å². The van der Waals surface area contributed by atoms with Gasteiger partial charge >= 0.3 is 0 Å². The lowest BCUT2D eigenvalue weighted by Gasteiger charge is -2.30. The molecule has 0 N–H and O–H groups in total. The van der Waals surface area contributed by atoms with Gasteiger partial charge in [0.1, 0.15) is 0 Å². The molecule has 4 heteroatoms. The van der Waals surface area contributed by atoms with E-state index in [4.69, 9.17) is 4.98 Å². The highest BCUT2D eigenvalue weighted by Gasteiger charge is 2.27. The first-order valence-corrected chi connectivity index (χ1v) is 9.46. The molecule has 0 spiro atoms. The molecule has 2 heterocycles. The normalized spacial score (nSPS) is 17.8. The van der Waals surface area contributed by atoms with Crippen molar-refractivity contribution >= 4 is 5.91 Å². The Balaban J connectivity index is 1.72. The first-order valence-electron chi connectivity index (χ1n) is 9.46. The fraction of sp³-hybridized carbons (Fsp3) is 0.409. The predicted molar refractivity (Wildman–Crippen MR) is 101 cm³/mol. The Morgan fingerprint density at radius 2 is 1.92 bits per heavy atom. The van der Waals surface area contributed by atoms with Crippen LogP contribution >= 0.6 is 0 Å². The molecule has 1 aliphatic heterocycles. The van der Waals surface area contributed by atoms with E-state index in [-0.39, 0.29) is 5.91 Å². The first-order chi connectivity index (χ1) is 12.7. The zero-order valence-electron chi connectivity index (χ0n) is 15.1. The van der Waals surface area contributed by atoms with Gasteiger partial charge in [0.15, 0.2) is 0 Å². The minimum Gasteiger partial charge on any atom is -0.339 e. The fourth-order valence-corrected chi connectivity index (χ4v) is 3.60. The van der Waals surface area contributed by atoms with Gasteiger partial charge in [0.25, 0.3) is 5.91 Å². The maximum atomic E-state index is 13.1. The standard InChI is InChI=1S/C22H23N3O/c1-15-9-11-25(12-10-15)22(26)18-8-5-16(14-23)13-19(18)21-4-2-3-20(24-21)17-6-7-17/h2-5,8,13,15,17H,6-7,9-12H2,1H3. The molecule has 1 amide bonds. The van der Waals surface area contributed by atoms with Crippen LogP contribution in [0.2, 0.25) is 0 Å². The van der Waals surface area contributed by atoms with Gasteiger partial charge in [-0.3, -0.25) is 9.78 Å². The van der Waals surface area contributed by atoms with Crippen molar-refractivity contribution in [3.05, 3.63) is 53.2 Å². The number of hydrogen-bond donors (Lipinski definition) is 0. The molecule has 1 aliphatic carbocycles. The molecule has 0 radical (unpaired) electrons. The monoisotopic (exact) mass is 345 g/mol. The van der Waals surface area contributed by atoms with Crippen LogP contribution in [0.3, 0.4) is 0 Å². The summed E-state index contributed by atoms with van der Waals surface area (Å²) in [7, 11) is 0. The number of nitrogens with zero attached hydrogens (tertiary/aromatic N) is 3. The molecule has 0 atom stereocenters. The van der Waals surface area contributed by atoms with E-state index in [2.05, 4.69) is 19.1 Å². The van der Waals surface area contributed by atoms with Crippen LogP contribution in [0.5, 0.6) is 0 Å². The molecule has 1 saturated heterocycles. The van der Waals surface area contributed by atoms with Crippen LogP contribution in [-0.4, -0.2) is 28.9 Å². The van der Waals surface area contributed by atoms with Crippen molar-refractivity contribution in [2.45, 2.75) is 38.5 Å². The number of hydrogen-bond acceptors (Lipinski definition) is 3. The van der Waals surface area contributed by atoms with Crippen LogP contribution in [0.1, 0.15) is 60.1 Å². The fourth-order valence-electron chi connectivity index (χ4n) is 3.60. The third-order valence-electron chi connectivity index (χ3n) is 5.49. The van der Waals surface area contributed by atoms with Crippen LogP contribution in [0.25, 0.3) is 11.3 Å². The second-order valence-corrected chi connectivity index (χ2v) is 7.57. The number of benzene rings is 1. The van der Waals surface area contributed by atoms with Gasteiger partial charge in [0, 0.05) is 35.8 Å². The SMILES string of the molecule is CC1CCN(C(=O)c2ccc(C#N)cc2-c2cccc(C3CC3)n2)CC1. The molecular formula is C22H23N3O. The van der Waals surface area contributed by atoms with E-state index in [9.17, 15) is 10.1 Å². The molecule has 0 bridgehead atoms. The summed E-state index contributed by atoms with van der Waals surface area (Å²) < 4.78 is 0. The second-order valence-electron chi connectivity index (χ2n) is 7.57. The average molecular weight is 345 g/mol. The molecule has 26 heavy (non-hydrogen) atoms. The molecule has 1 aromatic carbocycles. The van der Waals surface area contributed by atoms with Crippen LogP contribution in [0.4, 0.5) is 0 Å². The van der Waals surface area contributed by atoms with Crippen molar-refractivity contribution < 1.29 is 4.79 Å². The molecule has 1 aromatic heterocycles. The van der Waals surface area contributed by atoms with Gasteiger partial charge in [-0.05, 0) is 61.9 Å². The number of carbonyl (C=O) groups excluding carboxylic acids is 1. The Hall–Kier alpha value is -2.67. The molecule has 0 unspecified atom stereocenters. The summed E-state index contributed by atoms with van der Waals surface area (Å²) in [5.74, 6) is 1.28. The molecular weight excluding hydrogens is 322 g/mol. The maximum absolute atomic E-state index is 13.1. The summed E-state index contributed by atoms with van der Waals surface area (Å²) >= 11 is 0. The molecule has 4 rings (SSSR count). The Bertz CT molecular complexity index is 871. The smallest absolute Gasteiger partial charge is 0.254 e. The van der Waals surface area contributed by atoms with Gasteiger partial charge < -0.3 is 4.90 Å². The number of rotatable bonds is 3. The van der Waals surface area contributed by atoms with Gasteiger partial charge in [0.05, 0.1) is 17.3 Å². The third kappa shape index (κ3) is 3.35. The average Bonchev–Trinajstić information content (AvgIpc) is 3.53. The quantitative estimate of drug-likeness (QED) is 0.830. The van der Waals surface area contributed by atoms with Crippen LogP contribution in [0.15, 0.2) is 36.4 Å². The highest BCUT2D eigenvalue weighted by atomic mass is 16.2. The number of piperidine rings is 1. The summed E-state index contributed by atoms with van der Waals surface area (Å²) in [6.45, 7) is 3.84. The summed E-state index contributed by atoms with van der Waals surface area (Å²) in [4.78, 5) is 19.9. The first kappa shape index (κ1) is 16.8. The van der Waals surface area contributed by atoms with E-state index in [1.54, 1.807) is 18.2 Å². The van der Waals surface area contributed by atoms with Crippen LogP contribution in [0, 0.1) is 17.2 Å². The van der Waals surface area contributed by atoms with Crippen LogP contribution < -0.4 is 0 Å². The molecule has 2 aliphatic rings. The van der Waals surface area contributed by atoms with Crippen molar-refractivity contribution in [1.82, 2.24) is 9.88 Å². The van der Waals surface area contributed by atoms with E-state index < -0.39 is 0 Å². The lowest BCUT2D eigenvalue weighted by Crippen LogP contribution is -2.38. The summed E-state index contributed by atoms with van der Waals surface area (Å²) in [6, 6.07) is 13.5. The van der Waals surface area contributed by atoms with Gasteiger partial charge in [-0.25, -0.2) is 0 Å². The van der Waals surface area contributed by atoms with Gasteiger partial charge in [0.2, 0.25) is 0 Å². The number of carbonyl (C=O) groups is 1.